The third kappa shape index (κ3) is 3.63. The van der Waals surface area contributed by atoms with Crippen LogP contribution in [0.4, 0.5) is 0 Å². The second-order valence-corrected chi connectivity index (χ2v) is 6.65. The lowest BCUT2D eigenvalue weighted by Gasteiger charge is -2.06. The predicted octanol–water partition coefficient (Wildman–Crippen LogP) is 4.15. The van der Waals surface area contributed by atoms with Crippen molar-refractivity contribution in [1.29, 1.82) is 0 Å². The smallest absolute Gasteiger partial charge is 0.302 e. The van der Waals surface area contributed by atoms with Crippen molar-refractivity contribution in [3.63, 3.8) is 0 Å². The summed E-state index contributed by atoms with van der Waals surface area (Å²) in [6.45, 7) is 1.89. The maximum Gasteiger partial charge on any atom is 0.302 e. The summed E-state index contributed by atoms with van der Waals surface area (Å²) in [6, 6.07) is 9.19. The van der Waals surface area contributed by atoms with Crippen molar-refractivity contribution in [2.75, 3.05) is 20.5 Å². The van der Waals surface area contributed by atoms with Crippen LogP contribution in [-0.4, -0.2) is 32.8 Å². The van der Waals surface area contributed by atoms with E-state index in [4.69, 9.17) is 23.4 Å². The van der Waals surface area contributed by atoms with E-state index in [-0.39, 0.29) is 12.8 Å². The number of carbonyl (C=O) groups is 2. The highest BCUT2D eigenvalue weighted by Crippen LogP contribution is 2.41. The molecule has 0 bridgehead atoms. The van der Waals surface area contributed by atoms with Gasteiger partial charge in [-0.05, 0) is 48.7 Å². The van der Waals surface area contributed by atoms with Gasteiger partial charge in [0, 0.05) is 17.9 Å². The zero-order chi connectivity index (χ0) is 20.4. The molecule has 1 aromatic heterocycles. The van der Waals surface area contributed by atoms with Crippen LogP contribution in [0, 0.1) is 0 Å². The highest BCUT2D eigenvalue weighted by Gasteiger charge is 2.22. The number of carbonyl (C=O) groups excluding carboxylic acids is 2. The first-order valence-electron chi connectivity index (χ1n) is 9.22. The molecular weight excluding hydrogens is 376 g/mol. The quantitative estimate of drug-likeness (QED) is 0.337. The highest BCUT2D eigenvalue weighted by atomic mass is 16.7. The van der Waals surface area contributed by atoms with E-state index >= 15 is 0 Å². The Morgan fingerprint density at radius 2 is 2.00 bits per heavy atom. The molecule has 0 spiro atoms. The number of methoxy groups -OCH3 is 1. The second-order valence-electron chi connectivity index (χ2n) is 6.65. The minimum Gasteiger partial charge on any atom is -0.493 e. The van der Waals surface area contributed by atoms with Crippen molar-refractivity contribution in [2.45, 2.75) is 19.8 Å². The van der Waals surface area contributed by atoms with Crippen LogP contribution >= 0.6 is 0 Å². The van der Waals surface area contributed by atoms with Crippen LogP contribution in [0.3, 0.4) is 0 Å². The maximum atomic E-state index is 11.9. The summed E-state index contributed by atoms with van der Waals surface area (Å²) < 4.78 is 27.3. The van der Waals surface area contributed by atoms with E-state index in [0.717, 1.165) is 11.8 Å². The van der Waals surface area contributed by atoms with Gasteiger partial charge in [-0.25, -0.2) is 0 Å². The summed E-state index contributed by atoms with van der Waals surface area (Å²) in [5.41, 5.74) is 2.62. The zero-order valence-electron chi connectivity index (χ0n) is 16.2. The van der Waals surface area contributed by atoms with Crippen molar-refractivity contribution < 1.29 is 33.0 Å². The molecule has 29 heavy (non-hydrogen) atoms. The number of hydrogen-bond acceptors (Lipinski definition) is 7. The van der Waals surface area contributed by atoms with E-state index in [1.54, 1.807) is 19.2 Å². The van der Waals surface area contributed by atoms with Gasteiger partial charge in [-0.1, -0.05) is 0 Å². The molecule has 0 unspecified atom stereocenters. The zero-order valence-corrected chi connectivity index (χ0v) is 16.2. The lowest BCUT2D eigenvalue weighted by Crippen LogP contribution is -2.01. The van der Waals surface area contributed by atoms with Crippen molar-refractivity contribution >= 4 is 23.2 Å². The molecule has 1 aliphatic rings. The van der Waals surface area contributed by atoms with E-state index in [9.17, 15) is 9.59 Å². The molecule has 0 fully saturated rings. The molecule has 2 heterocycles. The first-order valence-corrected chi connectivity index (χ1v) is 9.22. The van der Waals surface area contributed by atoms with Crippen molar-refractivity contribution in [3.05, 3.63) is 41.5 Å². The Hall–Kier alpha value is -3.48. The molecule has 2 aromatic carbocycles. The summed E-state index contributed by atoms with van der Waals surface area (Å²) in [5, 5.41) is 0.675. The molecule has 0 aliphatic carbocycles. The Labute approximate surface area is 167 Å². The normalized spacial score (nSPS) is 12.2. The van der Waals surface area contributed by atoms with Gasteiger partial charge in [0.25, 0.3) is 0 Å². The van der Waals surface area contributed by atoms with Crippen LogP contribution < -0.4 is 14.2 Å². The molecule has 0 saturated heterocycles. The third-order valence-corrected chi connectivity index (χ3v) is 4.74. The Kier molecular flexibility index (Phi) is 5.12. The molecule has 3 aromatic rings. The molecular formula is C22H20O7. The van der Waals surface area contributed by atoms with Crippen molar-refractivity contribution in [3.8, 4) is 28.6 Å². The molecule has 0 atom stereocenters. The van der Waals surface area contributed by atoms with Gasteiger partial charge in [-0.3, -0.25) is 9.59 Å². The van der Waals surface area contributed by atoms with E-state index < -0.39 is 0 Å². The molecule has 7 nitrogen and oxygen atoms in total. The van der Waals surface area contributed by atoms with E-state index in [0.29, 0.717) is 64.6 Å². The van der Waals surface area contributed by atoms with Gasteiger partial charge in [-0.15, -0.1) is 0 Å². The lowest BCUT2D eigenvalue weighted by molar-refractivity contribution is -0.141. The Balaban J connectivity index is 1.73. The lowest BCUT2D eigenvalue weighted by atomic mass is 10.0. The van der Waals surface area contributed by atoms with E-state index in [2.05, 4.69) is 0 Å². The first-order chi connectivity index (χ1) is 14.1. The van der Waals surface area contributed by atoms with Gasteiger partial charge in [-0.2, -0.15) is 0 Å². The number of furan rings is 1. The van der Waals surface area contributed by atoms with Gasteiger partial charge in [0.05, 0.1) is 19.3 Å². The summed E-state index contributed by atoms with van der Waals surface area (Å²) in [4.78, 5) is 22.9. The van der Waals surface area contributed by atoms with Crippen molar-refractivity contribution in [1.82, 2.24) is 0 Å². The first kappa shape index (κ1) is 18.9. The molecule has 7 heteroatoms. The minimum atomic E-state index is -0.301. The molecule has 150 valence electrons. The van der Waals surface area contributed by atoms with Crippen LogP contribution in [0.25, 0.3) is 22.3 Å². The molecule has 0 N–H and O–H groups in total. The van der Waals surface area contributed by atoms with Crippen LogP contribution in [0.5, 0.6) is 17.2 Å². The summed E-state index contributed by atoms with van der Waals surface area (Å²) in [5.74, 6) is 1.95. The highest BCUT2D eigenvalue weighted by molar-refractivity contribution is 6.04. The summed E-state index contributed by atoms with van der Waals surface area (Å²) >= 11 is 0. The largest absolute Gasteiger partial charge is 0.493 e. The van der Waals surface area contributed by atoms with Crippen LogP contribution in [0.2, 0.25) is 0 Å². The number of fused-ring (bicyclic) bond motifs is 2. The van der Waals surface area contributed by atoms with Crippen LogP contribution in [0.15, 0.2) is 34.7 Å². The Bertz CT molecular complexity index is 1080. The fourth-order valence-electron chi connectivity index (χ4n) is 3.40. The number of hydrogen-bond donors (Lipinski definition) is 0. The average Bonchev–Trinajstić information content (AvgIpc) is 3.33. The third-order valence-electron chi connectivity index (χ3n) is 4.74. The van der Waals surface area contributed by atoms with Crippen LogP contribution in [-0.2, 0) is 16.0 Å². The van der Waals surface area contributed by atoms with Gasteiger partial charge < -0.3 is 23.4 Å². The summed E-state index contributed by atoms with van der Waals surface area (Å²) in [6.07, 6.45) is 2.12. The number of aldehydes is 1. The van der Waals surface area contributed by atoms with Gasteiger partial charge >= 0.3 is 5.97 Å². The molecule has 0 amide bonds. The molecule has 0 radical (unpaired) electrons. The number of esters is 1. The SMILES string of the molecule is COc1cc(CCCOC(C)=O)cc2c(C=O)c(-c3ccc4c(c3)OCO4)oc12. The topological polar surface area (TPSA) is 84.2 Å². The maximum absolute atomic E-state index is 11.9. The minimum absolute atomic E-state index is 0.171. The van der Waals surface area contributed by atoms with E-state index in [1.807, 2.05) is 18.2 Å². The molecule has 4 rings (SSSR count). The second kappa shape index (κ2) is 7.87. The predicted molar refractivity (Wildman–Crippen MR) is 105 cm³/mol. The Morgan fingerprint density at radius 3 is 2.76 bits per heavy atom. The molecule has 0 saturated carbocycles. The fraction of sp³-hybridized carbons (Fsp3) is 0.273. The van der Waals surface area contributed by atoms with Gasteiger partial charge in [0.1, 0.15) is 5.76 Å². The molecule has 1 aliphatic heterocycles. The average molecular weight is 396 g/mol. The Morgan fingerprint density at radius 1 is 1.17 bits per heavy atom. The van der Waals surface area contributed by atoms with Crippen LogP contribution in [0.1, 0.15) is 29.3 Å². The summed E-state index contributed by atoms with van der Waals surface area (Å²) in [7, 11) is 1.56. The number of rotatable bonds is 7. The van der Waals surface area contributed by atoms with Gasteiger partial charge in [0.15, 0.2) is 29.1 Å². The van der Waals surface area contributed by atoms with Gasteiger partial charge in [0.2, 0.25) is 6.79 Å². The fourth-order valence-corrected chi connectivity index (χ4v) is 3.40. The van der Waals surface area contributed by atoms with E-state index in [1.165, 1.54) is 6.92 Å². The number of benzene rings is 2. The number of ether oxygens (including phenoxy) is 4. The monoisotopic (exact) mass is 396 g/mol. The standard InChI is InChI=1S/C22H20O7/c1-13(24)26-7-3-4-14-8-16-17(11-23)21(29-22(16)20(9-14)25-2)15-5-6-18-19(10-15)28-12-27-18/h5-6,8-11H,3-4,7,12H2,1-2H3. The number of aryl methyl sites for hydroxylation is 1. The van der Waals surface area contributed by atoms with Crippen molar-refractivity contribution in [2.24, 2.45) is 0 Å².